The van der Waals surface area contributed by atoms with Gasteiger partial charge < -0.3 is 19.7 Å². The van der Waals surface area contributed by atoms with Crippen LogP contribution in [0.1, 0.15) is 20.3 Å². The van der Waals surface area contributed by atoms with Crippen molar-refractivity contribution < 1.29 is 14.3 Å². The van der Waals surface area contributed by atoms with Crippen LogP contribution >= 0.6 is 11.6 Å². The van der Waals surface area contributed by atoms with Crippen molar-refractivity contribution in [2.24, 2.45) is 0 Å². The fraction of sp³-hybridized carbons (Fsp3) is 0.533. The summed E-state index contributed by atoms with van der Waals surface area (Å²) in [4.78, 5) is 13.6. The molecule has 0 aliphatic heterocycles. The van der Waals surface area contributed by atoms with Crippen LogP contribution in [-0.4, -0.2) is 44.3 Å². The van der Waals surface area contributed by atoms with Gasteiger partial charge in [0, 0.05) is 33.0 Å². The Morgan fingerprint density at radius 3 is 2.71 bits per heavy atom. The van der Waals surface area contributed by atoms with E-state index < -0.39 is 0 Å². The molecular weight excluding hydrogens is 292 g/mol. The number of anilines is 1. The van der Waals surface area contributed by atoms with E-state index in [2.05, 4.69) is 5.32 Å². The summed E-state index contributed by atoms with van der Waals surface area (Å²) in [5, 5.41) is 3.27. The second-order valence-electron chi connectivity index (χ2n) is 5.01. The number of hydrogen-bond donors (Lipinski definition) is 1. The maximum Gasteiger partial charge on any atom is 0.321 e. The lowest BCUT2D eigenvalue weighted by molar-refractivity contribution is 0.179. The van der Waals surface area contributed by atoms with E-state index in [-0.39, 0.29) is 12.1 Å². The highest BCUT2D eigenvalue weighted by Gasteiger charge is 2.10. The Balaban J connectivity index is 2.58. The van der Waals surface area contributed by atoms with E-state index in [0.29, 0.717) is 29.6 Å². The molecule has 1 N–H and O–H groups in total. The summed E-state index contributed by atoms with van der Waals surface area (Å²) in [5.41, 5.74) is 0.639. The Morgan fingerprint density at radius 1 is 1.43 bits per heavy atom. The van der Waals surface area contributed by atoms with E-state index in [1.807, 2.05) is 13.8 Å². The van der Waals surface area contributed by atoms with Crippen LogP contribution < -0.4 is 10.1 Å². The van der Waals surface area contributed by atoms with Crippen molar-refractivity contribution in [1.82, 2.24) is 4.90 Å². The number of ether oxygens (including phenoxy) is 2. The second kappa shape index (κ2) is 8.74. The minimum atomic E-state index is -0.181. The number of rotatable bonds is 7. The van der Waals surface area contributed by atoms with Gasteiger partial charge in [0.05, 0.1) is 11.1 Å². The maximum absolute atomic E-state index is 12.0. The standard InChI is InChI=1S/C15H23ClN2O3/c1-11(2)21-14-7-6-12(10-13(14)16)17-15(19)18(3)8-5-9-20-4/h6-7,10-11H,5,8-9H2,1-4H3,(H,17,19). The van der Waals surface area contributed by atoms with Gasteiger partial charge in [-0.1, -0.05) is 11.6 Å². The lowest BCUT2D eigenvalue weighted by atomic mass is 10.3. The van der Waals surface area contributed by atoms with Gasteiger partial charge >= 0.3 is 6.03 Å². The number of nitrogens with zero attached hydrogens (tertiary/aromatic N) is 1. The molecule has 6 heteroatoms. The highest BCUT2D eigenvalue weighted by atomic mass is 35.5. The zero-order chi connectivity index (χ0) is 15.8. The number of carbonyl (C=O) groups excluding carboxylic acids is 1. The van der Waals surface area contributed by atoms with Gasteiger partial charge in [-0.25, -0.2) is 4.79 Å². The van der Waals surface area contributed by atoms with Crippen molar-refractivity contribution >= 4 is 23.3 Å². The summed E-state index contributed by atoms with van der Waals surface area (Å²) in [6.45, 7) is 5.12. The minimum absolute atomic E-state index is 0.0508. The van der Waals surface area contributed by atoms with Crippen LogP contribution in [0, 0.1) is 0 Å². The SMILES string of the molecule is COCCCN(C)C(=O)Nc1ccc(OC(C)C)c(Cl)c1. The van der Waals surface area contributed by atoms with Crippen molar-refractivity contribution in [2.75, 3.05) is 32.6 Å². The normalized spacial score (nSPS) is 10.6. The summed E-state index contributed by atoms with van der Waals surface area (Å²) in [6.07, 6.45) is 0.845. The van der Waals surface area contributed by atoms with E-state index in [9.17, 15) is 4.79 Å². The number of benzene rings is 1. The number of urea groups is 1. The van der Waals surface area contributed by atoms with Gasteiger partial charge in [-0.05, 0) is 38.5 Å². The van der Waals surface area contributed by atoms with E-state index in [1.54, 1.807) is 37.3 Å². The molecule has 0 aliphatic carbocycles. The lowest BCUT2D eigenvalue weighted by Crippen LogP contribution is -2.32. The van der Waals surface area contributed by atoms with Crippen LogP contribution in [0.5, 0.6) is 5.75 Å². The highest BCUT2D eigenvalue weighted by molar-refractivity contribution is 6.32. The maximum atomic E-state index is 12.0. The Bertz CT molecular complexity index is 466. The van der Waals surface area contributed by atoms with Crippen molar-refractivity contribution in [1.29, 1.82) is 0 Å². The van der Waals surface area contributed by atoms with Crippen LogP contribution in [0.4, 0.5) is 10.5 Å². The predicted octanol–water partition coefficient (Wildman–Crippen LogP) is 3.63. The van der Waals surface area contributed by atoms with E-state index >= 15 is 0 Å². The first-order chi connectivity index (χ1) is 9.93. The van der Waals surface area contributed by atoms with Gasteiger partial charge in [0.2, 0.25) is 0 Å². The third kappa shape index (κ3) is 6.23. The van der Waals surface area contributed by atoms with E-state index in [4.69, 9.17) is 21.1 Å². The number of carbonyl (C=O) groups is 1. The fourth-order valence-corrected chi connectivity index (χ4v) is 1.92. The van der Waals surface area contributed by atoms with Crippen molar-refractivity contribution in [3.63, 3.8) is 0 Å². The third-order valence-electron chi connectivity index (χ3n) is 2.73. The average molecular weight is 315 g/mol. The van der Waals surface area contributed by atoms with Crippen LogP contribution in [0.15, 0.2) is 18.2 Å². The molecule has 5 nitrogen and oxygen atoms in total. The molecule has 1 rings (SSSR count). The third-order valence-corrected chi connectivity index (χ3v) is 3.03. The molecule has 0 radical (unpaired) electrons. The Morgan fingerprint density at radius 2 is 2.14 bits per heavy atom. The molecule has 118 valence electrons. The predicted molar refractivity (Wildman–Crippen MR) is 85.4 cm³/mol. The number of halogens is 1. The molecule has 0 atom stereocenters. The zero-order valence-electron chi connectivity index (χ0n) is 13.0. The Kier molecular flexibility index (Phi) is 7.32. The van der Waals surface area contributed by atoms with Gasteiger partial charge in [0.1, 0.15) is 5.75 Å². The van der Waals surface area contributed by atoms with Gasteiger partial charge in [0.15, 0.2) is 0 Å². The molecule has 0 unspecified atom stereocenters. The quantitative estimate of drug-likeness (QED) is 0.782. The first-order valence-electron chi connectivity index (χ1n) is 6.91. The average Bonchev–Trinajstić information content (AvgIpc) is 2.41. The molecule has 1 aromatic rings. The van der Waals surface area contributed by atoms with Crippen LogP contribution in [0.25, 0.3) is 0 Å². The van der Waals surface area contributed by atoms with Gasteiger partial charge in [-0.2, -0.15) is 0 Å². The topological polar surface area (TPSA) is 50.8 Å². The molecule has 0 saturated carbocycles. The molecule has 0 bridgehead atoms. The second-order valence-corrected chi connectivity index (χ2v) is 5.42. The molecule has 0 fully saturated rings. The van der Waals surface area contributed by atoms with Crippen LogP contribution in [-0.2, 0) is 4.74 Å². The minimum Gasteiger partial charge on any atom is -0.489 e. The number of nitrogens with one attached hydrogen (secondary N) is 1. The van der Waals surface area contributed by atoms with Crippen LogP contribution in [0.3, 0.4) is 0 Å². The van der Waals surface area contributed by atoms with Crippen molar-refractivity contribution in [3.8, 4) is 5.75 Å². The molecule has 0 aliphatic rings. The zero-order valence-corrected chi connectivity index (χ0v) is 13.7. The lowest BCUT2D eigenvalue weighted by Gasteiger charge is -2.18. The largest absolute Gasteiger partial charge is 0.489 e. The molecule has 0 saturated heterocycles. The molecule has 0 aromatic heterocycles. The molecule has 2 amide bonds. The van der Waals surface area contributed by atoms with Gasteiger partial charge in [-0.3, -0.25) is 0 Å². The van der Waals surface area contributed by atoms with Crippen LogP contribution in [0.2, 0.25) is 5.02 Å². The molecule has 0 spiro atoms. The fourth-order valence-electron chi connectivity index (χ4n) is 1.69. The van der Waals surface area contributed by atoms with Gasteiger partial charge in [0.25, 0.3) is 0 Å². The first kappa shape index (κ1) is 17.6. The Hall–Kier alpha value is -1.46. The molecule has 21 heavy (non-hydrogen) atoms. The van der Waals surface area contributed by atoms with Gasteiger partial charge in [-0.15, -0.1) is 0 Å². The van der Waals surface area contributed by atoms with Crippen molar-refractivity contribution in [3.05, 3.63) is 23.2 Å². The molecule has 0 heterocycles. The summed E-state index contributed by atoms with van der Waals surface area (Å²) in [5.74, 6) is 0.609. The number of methoxy groups -OCH3 is 1. The first-order valence-corrected chi connectivity index (χ1v) is 7.29. The molecule has 1 aromatic carbocycles. The smallest absolute Gasteiger partial charge is 0.321 e. The summed E-state index contributed by atoms with van der Waals surface area (Å²) in [6, 6.07) is 5.02. The number of hydrogen-bond acceptors (Lipinski definition) is 3. The van der Waals surface area contributed by atoms with Crippen molar-refractivity contribution in [2.45, 2.75) is 26.4 Å². The molecular formula is C15H23ClN2O3. The number of amides is 2. The summed E-state index contributed by atoms with van der Waals surface area (Å²) >= 11 is 6.13. The monoisotopic (exact) mass is 314 g/mol. The highest BCUT2D eigenvalue weighted by Crippen LogP contribution is 2.28. The summed E-state index contributed by atoms with van der Waals surface area (Å²) < 4.78 is 10.5. The summed E-state index contributed by atoms with van der Waals surface area (Å²) in [7, 11) is 3.38. The Labute approximate surface area is 131 Å². The van der Waals surface area contributed by atoms with E-state index in [0.717, 1.165) is 6.42 Å². The van der Waals surface area contributed by atoms with E-state index in [1.165, 1.54) is 0 Å².